The van der Waals surface area contributed by atoms with Gasteiger partial charge in [-0.05, 0) is 38.2 Å². The Morgan fingerprint density at radius 1 is 1.30 bits per heavy atom. The summed E-state index contributed by atoms with van der Waals surface area (Å²) in [5.74, 6) is 1.04. The lowest BCUT2D eigenvalue weighted by Crippen LogP contribution is -2.32. The fourth-order valence-electron chi connectivity index (χ4n) is 2.28. The minimum Gasteiger partial charge on any atom is -0.351 e. The monoisotopic (exact) mass is 289 g/mol. The number of benzene rings is 1. The molecule has 0 fully saturated rings. The lowest BCUT2D eigenvalue weighted by Gasteiger charge is -2.16. The number of amides is 1. The minimum atomic E-state index is -0.000559. The van der Waals surface area contributed by atoms with E-state index in [0.29, 0.717) is 0 Å². The summed E-state index contributed by atoms with van der Waals surface area (Å²) in [7, 11) is 0. The molecule has 2 nitrogen and oxygen atoms in total. The van der Waals surface area contributed by atoms with Crippen LogP contribution in [0.1, 0.15) is 38.2 Å². The summed E-state index contributed by atoms with van der Waals surface area (Å²) in [5, 5.41) is 3.06. The maximum absolute atomic E-state index is 12.0. The molecular formula is C17H23NOS. The first-order valence-corrected chi connectivity index (χ1v) is 8.42. The molecule has 20 heavy (non-hydrogen) atoms. The van der Waals surface area contributed by atoms with E-state index in [1.807, 2.05) is 25.1 Å². The summed E-state index contributed by atoms with van der Waals surface area (Å²) >= 11 is 1.69. The number of carbonyl (C=O) groups is 1. The fraction of sp³-hybridized carbons (Fsp3) is 0.471. The van der Waals surface area contributed by atoms with Crippen molar-refractivity contribution < 1.29 is 4.79 Å². The molecule has 1 aliphatic carbocycles. The predicted octanol–water partition coefficient (Wildman–Crippen LogP) is 3.92. The normalized spacial score (nSPS) is 16.4. The molecule has 1 aromatic carbocycles. The van der Waals surface area contributed by atoms with E-state index in [4.69, 9.17) is 0 Å². The standard InChI is InChI=1S/C17H23NOS/c1-14(20-13-16-10-6-3-7-11-16)17(19)18-12-15-8-4-2-5-9-15/h3,6-8,10-11,14H,2,4-5,9,12-13H2,1H3,(H,18,19)/t14-/m0/s1. The van der Waals surface area contributed by atoms with Crippen molar-refractivity contribution in [3.8, 4) is 0 Å². The van der Waals surface area contributed by atoms with Gasteiger partial charge in [0.2, 0.25) is 5.91 Å². The summed E-state index contributed by atoms with van der Waals surface area (Å²) in [6.45, 7) is 2.72. The number of rotatable bonds is 6. The molecule has 1 aliphatic rings. The van der Waals surface area contributed by atoms with Gasteiger partial charge < -0.3 is 5.32 Å². The first kappa shape index (κ1) is 15.2. The minimum absolute atomic E-state index is 0.000559. The number of carbonyl (C=O) groups excluding carboxylic acids is 1. The maximum atomic E-state index is 12.0. The molecule has 108 valence electrons. The Kier molecular flexibility index (Phi) is 6.19. The first-order chi connectivity index (χ1) is 9.75. The van der Waals surface area contributed by atoms with E-state index in [2.05, 4.69) is 23.5 Å². The van der Waals surface area contributed by atoms with Gasteiger partial charge in [-0.3, -0.25) is 4.79 Å². The average molecular weight is 289 g/mol. The van der Waals surface area contributed by atoms with Gasteiger partial charge >= 0.3 is 0 Å². The number of hydrogen-bond donors (Lipinski definition) is 1. The molecule has 0 spiro atoms. The molecule has 0 aliphatic heterocycles. The number of hydrogen-bond acceptors (Lipinski definition) is 2. The SMILES string of the molecule is C[C@H](SCc1ccccc1)C(=O)NCC1=CCCCC1. The van der Waals surface area contributed by atoms with Crippen LogP contribution in [0.3, 0.4) is 0 Å². The number of allylic oxidation sites excluding steroid dienone is 1. The van der Waals surface area contributed by atoms with E-state index in [-0.39, 0.29) is 11.2 Å². The highest BCUT2D eigenvalue weighted by Crippen LogP contribution is 2.19. The van der Waals surface area contributed by atoms with Crippen molar-refractivity contribution in [2.24, 2.45) is 0 Å². The summed E-state index contributed by atoms with van der Waals surface area (Å²) in [6.07, 6.45) is 7.15. The molecule has 0 radical (unpaired) electrons. The zero-order valence-corrected chi connectivity index (χ0v) is 12.9. The van der Waals surface area contributed by atoms with Crippen molar-refractivity contribution >= 4 is 17.7 Å². The maximum Gasteiger partial charge on any atom is 0.233 e. The second kappa shape index (κ2) is 8.15. The molecule has 3 heteroatoms. The van der Waals surface area contributed by atoms with Gasteiger partial charge in [-0.15, -0.1) is 11.8 Å². The Morgan fingerprint density at radius 2 is 2.10 bits per heavy atom. The Labute approximate surface area is 126 Å². The van der Waals surface area contributed by atoms with E-state index in [1.165, 1.54) is 30.4 Å². The van der Waals surface area contributed by atoms with Crippen molar-refractivity contribution in [2.75, 3.05) is 6.54 Å². The van der Waals surface area contributed by atoms with E-state index >= 15 is 0 Å². The zero-order valence-electron chi connectivity index (χ0n) is 12.1. The largest absolute Gasteiger partial charge is 0.351 e. The first-order valence-electron chi connectivity index (χ1n) is 7.37. The molecule has 1 atom stereocenters. The quantitative estimate of drug-likeness (QED) is 0.804. The van der Waals surface area contributed by atoms with Gasteiger partial charge in [-0.2, -0.15) is 0 Å². The number of thioether (sulfide) groups is 1. The molecule has 1 aromatic rings. The highest BCUT2D eigenvalue weighted by atomic mass is 32.2. The molecule has 1 N–H and O–H groups in total. The average Bonchev–Trinajstić information content (AvgIpc) is 2.52. The van der Waals surface area contributed by atoms with Crippen molar-refractivity contribution in [1.29, 1.82) is 0 Å². The van der Waals surface area contributed by atoms with Crippen LogP contribution in [-0.4, -0.2) is 17.7 Å². The Balaban J connectivity index is 1.70. The molecule has 2 rings (SSSR count). The smallest absolute Gasteiger partial charge is 0.233 e. The third-order valence-electron chi connectivity index (χ3n) is 3.59. The summed E-state index contributed by atoms with van der Waals surface area (Å²) in [6, 6.07) is 10.3. The topological polar surface area (TPSA) is 29.1 Å². The zero-order chi connectivity index (χ0) is 14.2. The Bertz CT molecular complexity index is 455. The van der Waals surface area contributed by atoms with Gasteiger partial charge in [0.1, 0.15) is 0 Å². The molecule has 0 unspecified atom stereocenters. The Morgan fingerprint density at radius 3 is 2.80 bits per heavy atom. The van der Waals surface area contributed by atoms with Crippen LogP contribution < -0.4 is 5.32 Å². The van der Waals surface area contributed by atoms with E-state index in [1.54, 1.807) is 11.8 Å². The Hall–Kier alpha value is -1.22. The van der Waals surface area contributed by atoms with Crippen LogP contribution >= 0.6 is 11.8 Å². The highest BCUT2D eigenvalue weighted by molar-refractivity contribution is 7.99. The lowest BCUT2D eigenvalue weighted by molar-refractivity contribution is -0.120. The van der Waals surface area contributed by atoms with Crippen LogP contribution in [0, 0.1) is 0 Å². The molecule has 0 heterocycles. The van der Waals surface area contributed by atoms with Gasteiger partial charge in [-0.25, -0.2) is 0 Å². The van der Waals surface area contributed by atoms with Crippen LogP contribution in [0.15, 0.2) is 42.0 Å². The van der Waals surface area contributed by atoms with E-state index in [0.717, 1.165) is 18.7 Å². The van der Waals surface area contributed by atoms with Gasteiger partial charge in [-0.1, -0.05) is 42.0 Å². The van der Waals surface area contributed by atoms with E-state index in [9.17, 15) is 4.79 Å². The predicted molar refractivity (Wildman–Crippen MR) is 86.8 cm³/mol. The fourth-order valence-corrected chi connectivity index (χ4v) is 3.15. The third kappa shape index (κ3) is 5.04. The molecular weight excluding hydrogens is 266 g/mol. The molecule has 0 aromatic heterocycles. The van der Waals surface area contributed by atoms with E-state index < -0.39 is 0 Å². The molecule has 0 saturated heterocycles. The van der Waals surface area contributed by atoms with Crippen LogP contribution in [0.4, 0.5) is 0 Å². The van der Waals surface area contributed by atoms with Crippen molar-refractivity contribution in [3.63, 3.8) is 0 Å². The van der Waals surface area contributed by atoms with Crippen LogP contribution in [0.2, 0.25) is 0 Å². The van der Waals surface area contributed by atoms with Crippen molar-refractivity contribution in [2.45, 2.75) is 43.6 Å². The highest BCUT2D eigenvalue weighted by Gasteiger charge is 2.13. The van der Waals surface area contributed by atoms with Crippen LogP contribution in [0.5, 0.6) is 0 Å². The summed E-state index contributed by atoms with van der Waals surface area (Å²) in [5.41, 5.74) is 2.66. The van der Waals surface area contributed by atoms with Crippen molar-refractivity contribution in [3.05, 3.63) is 47.5 Å². The van der Waals surface area contributed by atoms with Crippen LogP contribution in [-0.2, 0) is 10.5 Å². The van der Waals surface area contributed by atoms with Gasteiger partial charge in [0.15, 0.2) is 0 Å². The molecule has 0 bridgehead atoms. The molecule has 1 amide bonds. The lowest BCUT2D eigenvalue weighted by atomic mass is 10.00. The summed E-state index contributed by atoms with van der Waals surface area (Å²) < 4.78 is 0. The van der Waals surface area contributed by atoms with Gasteiger partial charge in [0, 0.05) is 12.3 Å². The van der Waals surface area contributed by atoms with Gasteiger partial charge in [0.05, 0.1) is 5.25 Å². The number of nitrogens with one attached hydrogen (secondary N) is 1. The van der Waals surface area contributed by atoms with Gasteiger partial charge in [0.25, 0.3) is 0 Å². The summed E-state index contributed by atoms with van der Waals surface area (Å²) in [4.78, 5) is 12.0. The second-order valence-corrected chi connectivity index (χ2v) is 6.59. The van der Waals surface area contributed by atoms with Crippen molar-refractivity contribution in [1.82, 2.24) is 5.32 Å². The third-order valence-corrected chi connectivity index (χ3v) is 4.80. The molecule has 0 saturated carbocycles. The second-order valence-electron chi connectivity index (χ2n) is 5.26. The van der Waals surface area contributed by atoms with Crippen LogP contribution in [0.25, 0.3) is 0 Å².